The highest BCUT2D eigenvalue weighted by atomic mass is 19.1. The maximum Gasteiger partial charge on any atom is 0.251 e. The molecule has 5 aliphatic rings. The molecule has 1 N–H and O–H groups in total. The number of ether oxygens (including phenoxy) is 1. The van der Waals surface area contributed by atoms with Crippen molar-refractivity contribution in [3.8, 4) is 0 Å². The van der Waals surface area contributed by atoms with E-state index in [1.165, 1.54) is 43.5 Å². The number of nitrogens with zero attached hydrogens (tertiary/aromatic N) is 1. The lowest BCUT2D eigenvalue weighted by Crippen LogP contribution is -2.63. The Bertz CT molecular complexity index is 753. The van der Waals surface area contributed by atoms with Gasteiger partial charge in [0.25, 0.3) is 5.91 Å². The van der Waals surface area contributed by atoms with Crippen LogP contribution < -0.4 is 5.32 Å². The largest absolute Gasteiger partial charge is 0.378 e. The normalized spacial score (nSPS) is 34.1. The molecule has 0 radical (unpaired) electrons. The van der Waals surface area contributed by atoms with Crippen LogP contribution in [0, 0.1) is 29.0 Å². The molecule has 4 bridgehead atoms. The zero-order valence-corrected chi connectivity index (χ0v) is 16.7. The lowest BCUT2D eigenvalue weighted by Gasteiger charge is -2.59. The van der Waals surface area contributed by atoms with Gasteiger partial charge < -0.3 is 15.0 Å². The van der Waals surface area contributed by atoms with Gasteiger partial charge in [0.05, 0.1) is 13.2 Å². The Morgan fingerprint density at radius 1 is 1.00 bits per heavy atom. The van der Waals surface area contributed by atoms with Gasteiger partial charge in [0.15, 0.2) is 0 Å². The standard InChI is InChI=1S/C23H29FN2O3/c24-19-3-1-18(2-4-19)21(27)25-20(22(28)26-5-7-29-8-6-26)23-12-15-9-16(13-23)11-17(10-15)14-23/h1-4,15-17,20H,5-14H2,(H,25,27)/t15?,16?,17?,20-,23?/m1/s1. The van der Waals surface area contributed by atoms with E-state index in [9.17, 15) is 14.0 Å². The highest BCUT2D eigenvalue weighted by Crippen LogP contribution is 2.61. The summed E-state index contributed by atoms with van der Waals surface area (Å²) in [6, 6.07) is 5.05. The molecule has 4 aliphatic carbocycles. The molecular formula is C23H29FN2O3. The number of amides is 2. The number of carbonyl (C=O) groups excluding carboxylic acids is 2. The van der Waals surface area contributed by atoms with E-state index in [-0.39, 0.29) is 23.0 Å². The lowest BCUT2D eigenvalue weighted by atomic mass is 9.47. The van der Waals surface area contributed by atoms with Gasteiger partial charge in [0.2, 0.25) is 5.91 Å². The summed E-state index contributed by atoms with van der Waals surface area (Å²) in [4.78, 5) is 28.5. The third-order valence-electron chi connectivity index (χ3n) is 7.65. The number of morpholine rings is 1. The van der Waals surface area contributed by atoms with Gasteiger partial charge in [-0.05, 0) is 80.5 Å². The van der Waals surface area contributed by atoms with Crippen LogP contribution in [0.1, 0.15) is 48.9 Å². The van der Waals surface area contributed by atoms with Crippen molar-refractivity contribution >= 4 is 11.8 Å². The Kier molecular flexibility index (Phi) is 4.85. The van der Waals surface area contributed by atoms with Crippen LogP contribution in [0.2, 0.25) is 0 Å². The van der Waals surface area contributed by atoms with Gasteiger partial charge in [-0.1, -0.05) is 0 Å². The Morgan fingerprint density at radius 2 is 1.55 bits per heavy atom. The van der Waals surface area contributed by atoms with Gasteiger partial charge in [-0.3, -0.25) is 9.59 Å². The van der Waals surface area contributed by atoms with E-state index in [1.54, 1.807) is 0 Å². The smallest absolute Gasteiger partial charge is 0.251 e. The van der Waals surface area contributed by atoms with Gasteiger partial charge in [0.1, 0.15) is 11.9 Å². The molecule has 4 saturated carbocycles. The summed E-state index contributed by atoms with van der Waals surface area (Å²) in [5, 5.41) is 3.11. The average molecular weight is 400 g/mol. The van der Waals surface area contributed by atoms with E-state index in [0.29, 0.717) is 49.6 Å². The molecule has 29 heavy (non-hydrogen) atoms. The second kappa shape index (κ2) is 7.38. The molecule has 1 aromatic rings. The maximum absolute atomic E-state index is 13.6. The molecular weight excluding hydrogens is 371 g/mol. The number of carbonyl (C=O) groups is 2. The number of halogens is 1. The van der Waals surface area contributed by atoms with Crippen molar-refractivity contribution in [2.45, 2.75) is 44.6 Å². The molecule has 6 heteroatoms. The monoisotopic (exact) mass is 400 g/mol. The van der Waals surface area contributed by atoms with Crippen molar-refractivity contribution in [2.24, 2.45) is 23.2 Å². The fraction of sp³-hybridized carbons (Fsp3) is 0.652. The molecule has 1 aliphatic heterocycles. The molecule has 1 atom stereocenters. The first kappa shape index (κ1) is 19.0. The first-order valence-electron chi connectivity index (χ1n) is 11.0. The van der Waals surface area contributed by atoms with Crippen molar-refractivity contribution in [2.75, 3.05) is 26.3 Å². The van der Waals surface area contributed by atoms with Crippen LogP contribution >= 0.6 is 0 Å². The number of rotatable bonds is 4. The van der Waals surface area contributed by atoms with E-state index in [0.717, 1.165) is 19.3 Å². The minimum Gasteiger partial charge on any atom is -0.378 e. The molecule has 0 spiro atoms. The summed E-state index contributed by atoms with van der Waals surface area (Å²) >= 11 is 0. The molecule has 5 nitrogen and oxygen atoms in total. The first-order valence-corrected chi connectivity index (χ1v) is 11.0. The molecule has 1 saturated heterocycles. The average Bonchev–Trinajstić information content (AvgIpc) is 2.71. The third kappa shape index (κ3) is 3.56. The van der Waals surface area contributed by atoms with Gasteiger partial charge in [-0.25, -0.2) is 4.39 Å². The number of benzene rings is 1. The number of nitrogens with one attached hydrogen (secondary N) is 1. The summed E-state index contributed by atoms with van der Waals surface area (Å²) in [5.74, 6) is 1.43. The zero-order chi connectivity index (χ0) is 20.0. The van der Waals surface area contributed by atoms with Crippen LogP contribution in [0.3, 0.4) is 0 Å². The molecule has 5 fully saturated rings. The molecule has 0 unspecified atom stereocenters. The molecule has 1 heterocycles. The molecule has 2 amide bonds. The van der Waals surface area contributed by atoms with Crippen molar-refractivity contribution in [3.63, 3.8) is 0 Å². The van der Waals surface area contributed by atoms with Crippen molar-refractivity contribution in [1.29, 1.82) is 0 Å². The fourth-order valence-electron chi connectivity index (χ4n) is 6.79. The Balaban J connectivity index is 1.43. The van der Waals surface area contributed by atoms with Crippen LogP contribution in [0.15, 0.2) is 24.3 Å². The van der Waals surface area contributed by atoms with Gasteiger partial charge in [-0.2, -0.15) is 0 Å². The molecule has 156 valence electrons. The lowest BCUT2D eigenvalue weighted by molar-refractivity contribution is -0.148. The van der Waals surface area contributed by atoms with E-state index >= 15 is 0 Å². The minimum absolute atomic E-state index is 0.0331. The summed E-state index contributed by atoms with van der Waals surface area (Å²) in [7, 11) is 0. The van der Waals surface area contributed by atoms with E-state index in [1.807, 2.05) is 4.90 Å². The second-order valence-electron chi connectivity index (χ2n) is 9.63. The predicted octanol–water partition coefficient (Wildman–Crippen LogP) is 3.00. The number of hydrogen-bond acceptors (Lipinski definition) is 3. The Hall–Kier alpha value is -1.95. The Labute approximate surface area is 171 Å². The van der Waals surface area contributed by atoms with E-state index in [4.69, 9.17) is 4.74 Å². The van der Waals surface area contributed by atoms with E-state index < -0.39 is 6.04 Å². The zero-order valence-electron chi connectivity index (χ0n) is 16.7. The quantitative estimate of drug-likeness (QED) is 0.845. The van der Waals surface area contributed by atoms with Crippen LogP contribution in [-0.4, -0.2) is 49.1 Å². The fourth-order valence-corrected chi connectivity index (χ4v) is 6.79. The second-order valence-corrected chi connectivity index (χ2v) is 9.63. The SMILES string of the molecule is O=C(N[C@H](C(=O)N1CCOCC1)C12CC3CC(CC(C3)C1)C2)c1ccc(F)cc1. The summed E-state index contributed by atoms with van der Waals surface area (Å²) < 4.78 is 18.7. The first-order chi connectivity index (χ1) is 14.0. The molecule has 1 aromatic carbocycles. The topological polar surface area (TPSA) is 58.6 Å². The molecule has 6 rings (SSSR count). The van der Waals surface area contributed by atoms with Gasteiger partial charge >= 0.3 is 0 Å². The highest BCUT2D eigenvalue weighted by molar-refractivity contribution is 5.97. The molecule has 0 aromatic heterocycles. The Morgan fingerprint density at radius 3 is 2.10 bits per heavy atom. The highest BCUT2D eigenvalue weighted by Gasteiger charge is 2.57. The van der Waals surface area contributed by atoms with Crippen molar-refractivity contribution in [3.05, 3.63) is 35.6 Å². The summed E-state index contributed by atoms with van der Waals surface area (Å²) in [6.07, 6.45) is 6.94. The third-order valence-corrected chi connectivity index (χ3v) is 7.65. The number of hydrogen-bond donors (Lipinski definition) is 1. The van der Waals surface area contributed by atoms with Gasteiger partial charge in [-0.15, -0.1) is 0 Å². The maximum atomic E-state index is 13.6. The summed E-state index contributed by atoms with van der Waals surface area (Å²) in [5.41, 5.74) is 0.260. The van der Waals surface area contributed by atoms with Crippen LogP contribution in [-0.2, 0) is 9.53 Å². The van der Waals surface area contributed by atoms with Crippen LogP contribution in [0.5, 0.6) is 0 Å². The predicted molar refractivity (Wildman–Crippen MR) is 106 cm³/mol. The van der Waals surface area contributed by atoms with Crippen LogP contribution in [0.4, 0.5) is 4.39 Å². The minimum atomic E-state index is -0.508. The van der Waals surface area contributed by atoms with Crippen LogP contribution in [0.25, 0.3) is 0 Å². The van der Waals surface area contributed by atoms with Crippen molar-refractivity contribution < 1.29 is 18.7 Å². The van der Waals surface area contributed by atoms with E-state index in [2.05, 4.69) is 5.32 Å². The van der Waals surface area contributed by atoms with Crippen molar-refractivity contribution in [1.82, 2.24) is 10.2 Å². The van der Waals surface area contributed by atoms with Gasteiger partial charge in [0, 0.05) is 24.1 Å². The summed E-state index contributed by atoms with van der Waals surface area (Å²) in [6.45, 7) is 2.25.